The van der Waals surface area contributed by atoms with Crippen LogP contribution in [0.2, 0.25) is 0 Å². The lowest BCUT2D eigenvalue weighted by Gasteiger charge is -2.24. The molecule has 6 heteroatoms. The minimum atomic E-state index is -1.56. The zero-order chi connectivity index (χ0) is 9.72. The second-order valence-corrected chi connectivity index (χ2v) is 2.85. The summed E-state index contributed by atoms with van der Waals surface area (Å²) < 4.78 is 0. The minimum absolute atomic E-state index is 0.0314. The molecule has 0 radical (unpaired) electrons. The van der Waals surface area contributed by atoms with Gasteiger partial charge in [0.25, 0.3) is 0 Å². The van der Waals surface area contributed by atoms with Gasteiger partial charge in [0.05, 0.1) is 12.7 Å². The number of hydrogen-bond donors (Lipinski definition) is 6. The second kappa shape index (κ2) is 5.74. The van der Waals surface area contributed by atoms with Gasteiger partial charge in [-0.25, -0.2) is 0 Å². The molecule has 0 aromatic carbocycles. The van der Waals surface area contributed by atoms with Crippen molar-refractivity contribution in [3.8, 4) is 0 Å². The Kier molecular flexibility index (Phi) is 5.81. The van der Waals surface area contributed by atoms with Crippen molar-refractivity contribution < 1.29 is 25.5 Å². The molecule has 0 fully saturated rings. The van der Waals surface area contributed by atoms with E-state index in [-0.39, 0.29) is 5.75 Å². The molecule has 0 bridgehead atoms. The van der Waals surface area contributed by atoms with Gasteiger partial charge in [-0.15, -0.1) is 0 Å². The van der Waals surface area contributed by atoms with Gasteiger partial charge in [0.2, 0.25) is 0 Å². The molecular weight excluding hydrogens is 184 g/mol. The molecule has 0 rings (SSSR count). The summed E-state index contributed by atoms with van der Waals surface area (Å²) in [7, 11) is 0. The van der Waals surface area contributed by atoms with Gasteiger partial charge in [0.15, 0.2) is 0 Å². The van der Waals surface area contributed by atoms with Crippen LogP contribution in [0.25, 0.3) is 0 Å². The third-order valence-electron chi connectivity index (χ3n) is 1.51. The van der Waals surface area contributed by atoms with Gasteiger partial charge in [-0.05, 0) is 0 Å². The first-order valence-electron chi connectivity index (χ1n) is 3.48. The molecule has 0 spiro atoms. The first-order chi connectivity index (χ1) is 5.54. The Morgan fingerprint density at radius 3 is 1.67 bits per heavy atom. The summed E-state index contributed by atoms with van der Waals surface area (Å²) in [6.45, 7) is -0.669. The molecular formula is C6H14O5S. The van der Waals surface area contributed by atoms with Crippen LogP contribution < -0.4 is 0 Å². The van der Waals surface area contributed by atoms with Gasteiger partial charge in [-0.3, -0.25) is 0 Å². The summed E-state index contributed by atoms with van der Waals surface area (Å²) in [5, 5.41) is 44.3. The first kappa shape index (κ1) is 12.2. The van der Waals surface area contributed by atoms with Crippen LogP contribution in [0.1, 0.15) is 0 Å². The van der Waals surface area contributed by atoms with Crippen molar-refractivity contribution >= 4 is 12.6 Å². The summed E-state index contributed by atoms with van der Waals surface area (Å²) >= 11 is 3.68. The topological polar surface area (TPSA) is 101 Å². The van der Waals surface area contributed by atoms with Gasteiger partial charge >= 0.3 is 0 Å². The fraction of sp³-hybridized carbons (Fsp3) is 1.00. The van der Waals surface area contributed by atoms with Crippen molar-refractivity contribution in [3.63, 3.8) is 0 Å². The van der Waals surface area contributed by atoms with Crippen LogP contribution in [0.3, 0.4) is 0 Å². The van der Waals surface area contributed by atoms with Crippen molar-refractivity contribution in [1.82, 2.24) is 0 Å². The Morgan fingerprint density at radius 1 is 0.917 bits per heavy atom. The van der Waals surface area contributed by atoms with Crippen molar-refractivity contribution in [3.05, 3.63) is 0 Å². The molecule has 12 heavy (non-hydrogen) atoms. The standard InChI is InChI=1S/C6H14O5S/c7-1-3(8)5(10)6(11)4(9)2-12/h3-12H,1-2H2. The fourth-order valence-corrected chi connectivity index (χ4v) is 0.887. The molecule has 0 aliphatic rings. The zero-order valence-corrected chi connectivity index (χ0v) is 7.30. The predicted molar refractivity (Wildman–Crippen MR) is 45.0 cm³/mol. The number of aliphatic hydroxyl groups excluding tert-OH is 5. The molecule has 5 nitrogen and oxygen atoms in total. The van der Waals surface area contributed by atoms with Crippen molar-refractivity contribution in [1.29, 1.82) is 0 Å². The van der Waals surface area contributed by atoms with Crippen LogP contribution >= 0.6 is 12.6 Å². The van der Waals surface area contributed by atoms with E-state index in [1.807, 2.05) is 0 Å². The van der Waals surface area contributed by atoms with Gasteiger partial charge in [0, 0.05) is 5.75 Å². The highest BCUT2D eigenvalue weighted by Gasteiger charge is 2.28. The Bertz CT molecular complexity index is 109. The molecule has 0 saturated heterocycles. The maximum absolute atomic E-state index is 9.07. The fourth-order valence-electron chi connectivity index (χ4n) is 0.671. The predicted octanol–water partition coefficient (Wildman–Crippen LogP) is -2.65. The van der Waals surface area contributed by atoms with Crippen LogP contribution in [0.15, 0.2) is 0 Å². The Balaban J connectivity index is 3.99. The smallest absolute Gasteiger partial charge is 0.111 e. The number of hydrogen-bond acceptors (Lipinski definition) is 6. The number of aliphatic hydroxyl groups is 5. The molecule has 5 N–H and O–H groups in total. The maximum Gasteiger partial charge on any atom is 0.111 e. The van der Waals surface area contributed by atoms with E-state index in [1.165, 1.54) is 0 Å². The molecule has 0 saturated carbocycles. The number of thiol groups is 1. The lowest BCUT2D eigenvalue weighted by molar-refractivity contribution is -0.109. The van der Waals surface area contributed by atoms with Gasteiger partial charge in [-0.1, -0.05) is 0 Å². The quantitative estimate of drug-likeness (QED) is 0.271. The molecule has 4 atom stereocenters. The number of rotatable bonds is 5. The van der Waals surface area contributed by atoms with E-state index in [0.717, 1.165) is 0 Å². The van der Waals surface area contributed by atoms with Crippen molar-refractivity contribution in [2.75, 3.05) is 12.4 Å². The Labute approximate surface area is 75.7 Å². The van der Waals surface area contributed by atoms with E-state index in [2.05, 4.69) is 12.6 Å². The van der Waals surface area contributed by atoms with Crippen molar-refractivity contribution in [2.45, 2.75) is 24.4 Å². The molecule has 74 valence electrons. The van der Waals surface area contributed by atoms with E-state index in [0.29, 0.717) is 0 Å². The third-order valence-corrected chi connectivity index (χ3v) is 1.89. The van der Waals surface area contributed by atoms with Gasteiger partial charge < -0.3 is 25.5 Å². The zero-order valence-electron chi connectivity index (χ0n) is 6.41. The lowest BCUT2D eigenvalue weighted by Crippen LogP contribution is -2.46. The van der Waals surface area contributed by atoms with E-state index in [4.69, 9.17) is 25.5 Å². The van der Waals surface area contributed by atoms with Crippen LogP contribution in [-0.2, 0) is 0 Å². The van der Waals surface area contributed by atoms with Crippen LogP contribution in [-0.4, -0.2) is 62.3 Å². The average Bonchev–Trinajstić information content (AvgIpc) is 2.12. The van der Waals surface area contributed by atoms with E-state index in [9.17, 15) is 0 Å². The maximum atomic E-state index is 9.07. The van der Waals surface area contributed by atoms with Crippen LogP contribution in [0, 0.1) is 0 Å². The van der Waals surface area contributed by atoms with E-state index >= 15 is 0 Å². The largest absolute Gasteiger partial charge is 0.394 e. The molecule has 4 unspecified atom stereocenters. The highest BCUT2D eigenvalue weighted by molar-refractivity contribution is 7.80. The minimum Gasteiger partial charge on any atom is -0.394 e. The summed E-state index contributed by atoms with van der Waals surface area (Å²) in [6, 6.07) is 0. The molecule has 0 aromatic rings. The SMILES string of the molecule is OCC(O)C(O)C(O)C(O)CS. The molecule has 0 heterocycles. The summed E-state index contributed by atoms with van der Waals surface area (Å²) in [5.41, 5.74) is 0. The summed E-state index contributed by atoms with van der Waals surface area (Å²) in [5.74, 6) is -0.0314. The molecule has 0 aliphatic heterocycles. The van der Waals surface area contributed by atoms with Gasteiger partial charge in [0.1, 0.15) is 18.3 Å². The lowest BCUT2D eigenvalue weighted by atomic mass is 10.0. The monoisotopic (exact) mass is 198 g/mol. The molecule has 0 aliphatic carbocycles. The average molecular weight is 198 g/mol. The van der Waals surface area contributed by atoms with Crippen LogP contribution in [0.5, 0.6) is 0 Å². The normalized spacial score (nSPS) is 21.5. The van der Waals surface area contributed by atoms with Crippen LogP contribution in [0.4, 0.5) is 0 Å². The first-order valence-corrected chi connectivity index (χ1v) is 4.11. The second-order valence-electron chi connectivity index (χ2n) is 2.48. The summed E-state index contributed by atoms with van der Waals surface area (Å²) in [6.07, 6.45) is -5.72. The van der Waals surface area contributed by atoms with E-state index < -0.39 is 31.0 Å². The highest BCUT2D eigenvalue weighted by atomic mass is 32.1. The summed E-state index contributed by atoms with van der Waals surface area (Å²) in [4.78, 5) is 0. The van der Waals surface area contributed by atoms with E-state index in [1.54, 1.807) is 0 Å². The van der Waals surface area contributed by atoms with Crippen molar-refractivity contribution in [2.24, 2.45) is 0 Å². The Morgan fingerprint density at radius 2 is 1.33 bits per heavy atom. The highest BCUT2D eigenvalue weighted by Crippen LogP contribution is 2.05. The molecule has 0 amide bonds. The third kappa shape index (κ3) is 3.26. The Hall–Kier alpha value is 0.150. The van der Waals surface area contributed by atoms with Gasteiger partial charge in [-0.2, -0.15) is 12.6 Å². The molecule has 0 aromatic heterocycles.